The summed E-state index contributed by atoms with van der Waals surface area (Å²) in [5.41, 5.74) is 0.779. The summed E-state index contributed by atoms with van der Waals surface area (Å²) in [7, 11) is 1.60. The Bertz CT molecular complexity index is 479. The molecule has 0 aliphatic heterocycles. The smallest absolute Gasteiger partial charge is 0.281 e. The number of phenolic OH excluding ortho intramolecular Hbond substituents is 1. The standard InChI is InChI=1S/C10H9N3O3/c1-13(7-2-4-8(14)5-3-7)10(15)9-6-11-16-12-9/h2-6,14H,1H3. The molecule has 6 heteroatoms. The fourth-order valence-corrected chi connectivity index (χ4v) is 1.22. The minimum atomic E-state index is -0.327. The third kappa shape index (κ3) is 1.85. The predicted molar refractivity (Wildman–Crippen MR) is 55.1 cm³/mol. The molecule has 0 unspecified atom stereocenters. The van der Waals surface area contributed by atoms with E-state index in [1.165, 1.54) is 23.2 Å². The fourth-order valence-electron chi connectivity index (χ4n) is 1.22. The summed E-state index contributed by atoms with van der Waals surface area (Å²) in [6.07, 6.45) is 1.25. The second-order valence-corrected chi connectivity index (χ2v) is 3.17. The Morgan fingerprint density at radius 1 is 1.38 bits per heavy atom. The molecule has 0 aliphatic rings. The van der Waals surface area contributed by atoms with E-state index in [1.807, 2.05) is 0 Å². The minimum Gasteiger partial charge on any atom is -0.508 e. The zero-order valence-corrected chi connectivity index (χ0v) is 8.49. The van der Waals surface area contributed by atoms with Crippen molar-refractivity contribution >= 4 is 11.6 Å². The van der Waals surface area contributed by atoms with E-state index in [4.69, 9.17) is 5.11 Å². The summed E-state index contributed by atoms with van der Waals surface area (Å²) in [4.78, 5) is 13.2. The van der Waals surface area contributed by atoms with Crippen LogP contribution >= 0.6 is 0 Å². The average Bonchev–Trinajstić information content (AvgIpc) is 2.81. The van der Waals surface area contributed by atoms with Crippen LogP contribution in [0.5, 0.6) is 5.75 Å². The van der Waals surface area contributed by atoms with Gasteiger partial charge in [-0.3, -0.25) is 4.79 Å². The van der Waals surface area contributed by atoms with Crippen LogP contribution in [0, 0.1) is 0 Å². The van der Waals surface area contributed by atoms with Gasteiger partial charge in [-0.05, 0) is 29.4 Å². The van der Waals surface area contributed by atoms with E-state index in [-0.39, 0.29) is 17.4 Å². The van der Waals surface area contributed by atoms with Crippen molar-refractivity contribution in [1.29, 1.82) is 0 Å². The summed E-state index contributed by atoms with van der Waals surface area (Å²) in [6, 6.07) is 6.25. The van der Waals surface area contributed by atoms with Crippen LogP contribution in [-0.4, -0.2) is 28.4 Å². The summed E-state index contributed by atoms with van der Waals surface area (Å²) in [5, 5.41) is 15.9. The normalized spacial score (nSPS) is 10.1. The zero-order chi connectivity index (χ0) is 11.5. The van der Waals surface area contributed by atoms with E-state index < -0.39 is 0 Å². The maximum absolute atomic E-state index is 11.8. The van der Waals surface area contributed by atoms with Crippen LogP contribution in [-0.2, 0) is 0 Å². The second-order valence-electron chi connectivity index (χ2n) is 3.17. The van der Waals surface area contributed by atoms with Gasteiger partial charge in [0.15, 0.2) is 5.69 Å². The highest BCUT2D eigenvalue weighted by molar-refractivity contribution is 6.04. The number of hydrogen-bond acceptors (Lipinski definition) is 5. The van der Waals surface area contributed by atoms with E-state index in [1.54, 1.807) is 19.2 Å². The molecule has 0 radical (unpaired) electrons. The van der Waals surface area contributed by atoms with Crippen molar-refractivity contribution < 1.29 is 14.5 Å². The predicted octanol–water partition coefficient (Wildman–Crippen LogP) is 1.05. The molecule has 0 fully saturated rings. The Morgan fingerprint density at radius 3 is 2.62 bits per heavy atom. The molecule has 0 aliphatic carbocycles. The van der Waals surface area contributed by atoms with E-state index >= 15 is 0 Å². The molecule has 0 saturated carbocycles. The third-order valence-corrected chi connectivity index (χ3v) is 2.12. The van der Waals surface area contributed by atoms with Crippen molar-refractivity contribution in [1.82, 2.24) is 10.3 Å². The molecule has 16 heavy (non-hydrogen) atoms. The number of hydrogen-bond donors (Lipinski definition) is 1. The Morgan fingerprint density at radius 2 is 2.06 bits per heavy atom. The van der Waals surface area contributed by atoms with Crippen LogP contribution in [0.15, 0.2) is 35.1 Å². The quantitative estimate of drug-likeness (QED) is 0.816. The Kier molecular flexibility index (Phi) is 2.55. The molecule has 0 atom stereocenters. The second kappa shape index (κ2) is 4.01. The molecule has 1 amide bonds. The molecule has 1 aromatic heterocycles. The number of aromatic nitrogens is 2. The van der Waals surface area contributed by atoms with Crippen molar-refractivity contribution in [2.75, 3.05) is 11.9 Å². The van der Waals surface area contributed by atoms with Gasteiger partial charge in [0.25, 0.3) is 5.91 Å². The van der Waals surface area contributed by atoms with Crippen LogP contribution in [0.4, 0.5) is 5.69 Å². The lowest BCUT2D eigenvalue weighted by atomic mass is 10.2. The maximum Gasteiger partial charge on any atom is 0.281 e. The van der Waals surface area contributed by atoms with Crippen LogP contribution < -0.4 is 4.90 Å². The highest BCUT2D eigenvalue weighted by atomic mass is 16.6. The molecular weight excluding hydrogens is 210 g/mol. The molecule has 2 rings (SSSR count). The third-order valence-electron chi connectivity index (χ3n) is 2.12. The van der Waals surface area contributed by atoms with Crippen LogP contribution in [0.3, 0.4) is 0 Å². The van der Waals surface area contributed by atoms with Crippen molar-refractivity contribution in [3.63, 3.8) is 0 Å². The average molecular weight is 219 g/mol. The fraction of sp³-hybridized carbons (Fsp3) is 0.100. The number of aromatic hydroxyl groups is 1. The first-order chi connectivity index (χ1) is 7.68. The molecule has 1 heterocycles. The summed E-state index contributed by atoms with van der Waals surface area (Å²) < 4.78 is 4.35. The first-order valence-corrected chi connectivity index (χ1v) is 4.53. The van der Waals surface area contributed by atoms with E-state index in [2.05, 4.69) is 14.9 Å². The van der Waals surface area contributed by atoms with E-state index in [0.29, 0.717) is 5.69 Å². The summed E-state index contributed by atoms with van der Waals surface area (Å²) >= 11 is 0. The molecule has 2 aromatic rings. The highest BCUT2D eigenvalue weighted by Gasteiger charge is 2.16. The van der Waals surface area contributed by atoms with Crippen molar-refractivity contribution in [2.24, 2.45) is 0 Å². The number of nitrogens with zero attached hydrogens (tertiary/aromatic N) is 3. The van der Waals surface area contributed by atoms with Gasteiger partial charge in [0.05, 0.1) is 0 Å². The molecular formula is C10H9N3O3. The number of benzene rings is 1. The molecule has 0 spiro atoms. The minimum absolute atomic E-state index is 0.135. The van der Waals surface area contributed by atoms with Gasteiger partial charge in [0.2, 0.25) is 0 Å². The SMILES string of the molecule is CN(C(=O)c1cnon1)c1ccc(O)cc1. The molecule has 6 nitrogen and oxygen atoms in total. The number of anilines is 1. The van der Waals surface area contributed by atoms with Gasteiger partial charge in [-0.15, -0.1) is 0 Å². The van der Waals surface area contributed by atoms with Gasteiger partial charge >= 0.3 is 0 Å². The highest BCUT2D eigenvalue weighted by Crippen LogP contribution is 2.18. The van der Waals surface area contributed by atoms with Crippen LogP contribution in [0.2, 0.25) is 0 Å². The largest absolute Gasteiger partial charge is 0.508 e. The van der Waals surface area contributed by atoms with Gasteiger partial charge in [0.1, 0.15) is 11.9 Å². The monoisotopic (exact) mass is 219 g/mol. The van der Waals surface area contributed by atoms with E-state index in [9.17, 15) is 4.79 Å². The molecule has 1 N–H and O–H groups in total. The van der Waals surface area contributed by atoms with Gasteiger partial charge < -0.3 is 10.0 Å². The lowest BCUT2D eigenvalue weighted by Crippen LogP contribution is -2.26. The summed E-state index contributed by atoms with van der Waals surface area (Å²) in [5.74, 6) is -0.181. The molecule has 0 saturated heterocycles. The summed E-state index contributed by atoms with van der Waals surface area (Å²) in [6.45, 7) is 0. The molecule has 82 valence electrons. The van der Waals surface area contributed by atoms with Gasteiger partial charge in [-0.25, -0.2) is 4.63 Å². The lowest BCUT2D eigenvalue weighted by Gasteiger charge is -2.15. The van der Waals surface area contributed by atoms with Crippen molar-refractivity contribution in [2.45, 2.75) is 0 Å². The van der Waals surface area contributed by atoms with Crippen LogP contribution in [0.25, 0.3) is 0 Å². The van der Waals surface area contributed by atoms with E-state index in [0.717, 1.165) is 0 Å². The number of rotatable bonds is 2. The Balaban J connectivity index is 2.22. The Labute approximate surface area is 91.1 Å². The Hall–Kier alpha value is -2.37. The van der Waals surface area contributed by atoms with Crippen LogP contribution in [0.1, 0.15) is 10.5 Å². The van der Waals surface area contributed by atoms with Crippen molar-refractivity contribution in [3.05, 3.63) is 36.2 Å². The first kappa shape index (κ1) is 10.2. The van der Waals surface area contributed by atoms with Gasteiger partial charge in [0, 0.05) is 12.7 Å². The number of phenols is 1. The van der Waals surface area contributed by atoms with Gasteiger partial charge in [-0.1, -0.05) is 5.16 Å². The molecule has 1 aromatic carbocycles. The number of carbonyl (C=O) groups excluding carboxylic acids is 1. The zero-order valence-electron chi connectivity index (χ0n) is 8.49. The van der Waals surface area contributed by atoms with Gasteiger partial charge in [-0.2, -0.15) is 0 Å². The lowest BCUT2D eigenvalue weighted by molar-refractivity contribution is 0.0983. The number of carbonyl (C=O) groups is 1. The topological polar surface area (TPSA) is 79.5 Å². The van der Waals surface area contributed by atoms with Crippen molar-refractivity contribution in [3.8, 4) is 5.75 Å². The molecule has 0 bridgehead atoms. The maximum atomic E-state index is 11.8. The number of amides is 1. The first-order valence-electron chi connectivity index (χ1n) is 4.53.